The van der Waals surface area contributed by atoms with Gasteiger partial charge in [-0.15, -0.1) is 10.2 Å². The number of imidazole rings is 1. The molecule has 2 saturated heterocycles. The number of nitrogens with one attached hydrogen (secondary N) is 2. The molecule has 2 fully saturated rings. The lowest BCUT2D eigenvalue weighted by molar-refractivity contribution is 0.0238. The summed E-state index contributed by atoms with van der Waals surface area (Å²) < 4.78 is 29.2. The smallest absolute Gasteiger partial charge is 0.326 e. The molecule has 48 heavy (non-hydrogen) atoms. The maximum absolute atomic E-state index is 15.8. The molecule has 0 saturated carbocycles. The number of hydrogen-bond acceptors (Lipinski definition) is 8. The van der Waals surface area contributed by atoms with Crippen molar-refractivity contribution in [2.24, 2.45) is 0 Å². The highest BCUT2D eigenvalue weighted by molar-refractivity contribution is 7.14. The average Bonchev–Trinajstić information content (AvgIpc) is 3.72. The van der Waals surface area contributed by atoms with Gasteiger partial charge in [0.2, 0.25) is 0 Å². The third-order valence-electron chi connectivity index (χ3n) is 9.24. The first-order valence-electron chi connectivity index (χ1n) is 16.6. The van der Waals surface area contributed by atoms with Crippen molar-refractivity contribution in [3.63, 3.8) is 0 Å². The molecule has 7 rings (SSSR count). The molecule has 5 aromatic rings. The number of rotatable bonds is 9. The van der Waals surface area contributed by atoms with Crippen molar-refractivity contribution in [3.8, 4) is 22.1 Å². The van der Waals surface area contributed by atoms with Crippen molar-refractivity contribution in [2.75, 3.05) is 26.3 Å². The summed E-state index contributed by atoms with van der Waals surface area (Å²) in [6, 6.07) is 18.0. The van der Waals surface area contributed by atoms with Gasteiger partial charge in [0.05, 0.1) is 23.1 Å². The molecule has 0 bridgehead atoms. The summed E-state index contributed by atoms with van der Waals surface area (Å²) in [5.41, 5.74) is 2.27. The van der Waals surface area contributed by atoms with E-state index in [2.05, 4.69) is 39.2 Å². The van der Waals surface area contributed by atoms with E-state index >= 15 is 4.39 Å². The molecule has 250 valence electrons. The predicted octanol–water partition coefficient (Wildman–Crippen LogP) is 6.32. The number of piperidine rings is 1. The Hall–Kier alpha value is -4.39. The van der Waals surface area contributed by atoms with Crippen molar-refractivity contribution < 1.29 is 18.7 Å². The highest BCUT2D eigenvalue weighted by Crippen LogP contribution is 2.33. The first-order valence-corrected chi connectivity index (χ1v) is 17.4. The lowest BCUT2D eigenvalue weighted by Gasteiger charge is -2.39. The Bertz CT molecular complexity index is 1960. The molecule has 2 aliphatic heterocycles. The van der Waals surface area contributed by atoms with Gasteiger partial charge in [0.1, 0.15) is 27.3 Å². The molecule has 3 aromatic carbocycles. The summed E-state index contributed by atoms with van der Waals surface area (Å²) in [7, 11) is 0. The van der Waals surface area contributed by atoms with Gasteiger partial charge in [0.15, 0.2) is 0 Å². The van der Waals surface area contributed by atoms with E-state index in [0.717, 1.165) is 67.6 Å². The molecule has 2 aliphatic rings. The number of H-pyrrole nitrogens is 1. The zero-order valence-corrected chi connectivity index (χ0v) is 27.9. The molecule has 12 heteroatoms. The molecule has 0 atom stereocenters. The number of nitrogens with zero attached hydrogens (tertiary/aromatic N) is 4. The summed E-state index contributed by atoms with van der Waals surface area (Å²) >= 11 is 1.55. The summed E-state index contributed by atoms with van der Waals surface area (Å²) in [5.74, 6) is -0.0749. The van der Waals surface area contributed by atoms with Crippen molar-refractivity contribution in [1.29, 1.82) is 0 Å². The van der Waals surface area contributed by atoms with Crippen LogP contribution in [0.4, 0.5) is 4.39 Å². The van der Waals surface area contributed by atoms with Gasteiger partial charge >= 0.3 is 5.69 Å². The molecule has 0 aliphatic carbocycles. The molecule has 2 aromatic heterocycles. The number of halogens is 1. The highest BCUT2D eigenvalue weighted by atomic mass is 32.1. The van der Waals surface area contributed by atoms with Crippen LogP contribution < -0.4 is 15.7 Å². The molecule has 2 N–H and O–H groups in total. The summed E-state index contributed by atoms with van der Waals surface area (Å²) in [5, 5.41) is 13.4. The molecule has 4 heterocycles. The quantitative estimate of drug-likeness (QED) is 0.189. The normalized spacial score (nSPS) is 16.5. The molecular formula is C36H39FN6O4S. The van der Waals surface area contributed by atoms with Gasteiger partial charge in [-0.25, -0.2) is 9.18 Å². The standard InChI is InChI=1S/C36H39FN6O4S/c1-22(2)34-40-41-35(48-34)23-7-9-27(10-8-23)47-32-20-28(33(44)38-25-11-15-42(16-12-25)26-13-17-46-18-14-26)29(37)19-24(32)21-43-31-6-4-3-5-30(31)39-36(43)45/h3-10,19-20,22,25-26H,11-18,21H2,1-2H3,(H,38,44)(H,39,45). The van der Waals surface area contributed by atoms with Crippen LogP contribution in [0.25, 0.3) is 21.6 Å². The number of para-hydroxylation sites is 2. The van der Waals surface area contributed by atoms with Crippen LogP contribution >= 0.6 is 11.3 Å². The Morgan fingerprint density at radius 1 is 1.06 bits per heavy atom. The van der Waals surface area contributed by atoms with E-state index in [9.17, 15) is 9.59 Å². The number of hydrogen-bond donors (Lipinski definition) is 2. The molecule has 0 radical (unpaired) electrons. The number of fused-ring (bicyclic) bond motifs is 1. The fourth-order valence-corrected chi connectivity index (χ4v) is 7.37. The van der Waals surface area contributed by atoms with Crippen LogP contribution in [-0.2, 0) is 11.3 Å². The Morgan fingerprint density at radius 3 is 2.54 bits per heavy atom. The minimum Gasteiger partial charge on any atom is -0.457 e. The topological polar surface area (TPSA) is 114 Å². The molecular weight excluding hydrogens is 631 g/mol. The summed E-state index contributed by atoms with van der Waals surface area (Å²) in [6.45, 7) is 7.57. The van der Waals surface area contributed by atoms with Crippen LogP contribution in [0.2, 0.25) is 0 Å². The van der Waals surface area contributed by atoms with E-state index in [1.54, 1.807) is 11.3 Å². The van der Waals surface area contributed by atoms with E-state index in [-0.39, 0.29) is 29.8 Å². The van der Waals surface area contributed by atoms with E-state index in [1.165, 1.54) is 16.7 Å². The van der Waals surface area contributed by atoms with Gasteiger partial charge in [-0.05, 0) is 74.2 Å². The van der Waals surface area contributed by atoms with Crippen LogP contribution in [0, 0.1) is 5.82 Å². The van der Waals surface area contributed by atoms with Crippen LogP contribution in [0.15, 0.2) is 65.5 Å². The maximum Gasteiger partial charge on any atom is 0.326 e. The number of carbonyl (C=O) groups is 1. The first-order chi connectivity index (χ1) is 23.3. The largest absolute Gasteiger partial charge is 0.457 e. The number of benzene rings is 3. The predicted molar refractivity (Wildman–Crippen MR) is 183 cm³/mol. The number of likely N-dealkylation sites (tertiary alicyclic amines) is 1. The minimum atomic E-state index is -0.671. The van der Waals surface area contributed by atoms with Gasteiger partial charge in [0.25, 0.3) is 5.91 Å². The highest BCUT2D eigenvalue weighted by Gasteiger charge is 2.28. The van der Waals surface area contributed by atoms with Crippen molar-refractivity contribution in [3.05, 3.63) is 93.1 Å². The van der Waals surface area contributed by atoms with Gasteiger partial charge < -0.3 is 24.7 Å². The zero-order valence-electron chi connectivity index (χ0n) is 27.1. The van der Waals surface area contributed by atoms with Crippen LogP contribution in [0.3, 0.4) is 0 Å². The number of carbonyl (C=O) groups excluding carboxylic acids is 1. The molecule has 1 amide bonds. The Morgan fingerprint density at radius 2 is 1.81 bits per heavy atom. The third kappa shape index (κ3) is 6.92. The Kier molecular flexibility index (Phi) is 9.38. The fraction of sp³-hybridized carbons (Fsp3) is 0.389. The van der Waals surface area contributed by atoms with E-state index in [0.29, 0.717) is 34.1 Å². The number of aromatic amines is 1. The van der Waals surface area contributed by atoms with Crippen LogP contribution in [-0.4, -0.2) is 68.9 Å². The Labute approximate surface area is 281 Å². The zero-order chi connectivity index (χ0) is 33.2. The second kappa shape index (κ2) is 14.0. The third-order valence-corrected chi connectivity index (χ3v) is 10.5. The SMILES string of the molecule is CC(C)c1nnc(-c2ccc(Oc3cc(C(=O)NC4CCN(C5CCOCC5)CC4)c(F)cc3Cn3c(=O)[nH]c4ccccc43)cc2)s1. The second-order valence-corrected chi connectivity index (χ2v) is 13.8. The summed E-state index contributed by atoms with van der Waals surface area (Å²) in [4.78, 5) is 31.8. The lowest BCUT2D eigenvalue weighted by atomic mass is 9.99. The van der Waals surface area contributed by atoms with Crippen molar-refractivity contribution >= 4 is 28.3 Å². The second-order valence-electron chi connectivity index (χ2n) is 12.8. The monoisotopic (exact) mass is 670 g/mol. The summed E-state index contributed by atoms with van der Waals surface area (Å²) in [6.07, 6.45) is 3.67. The molecule has 0 unspecified atom stereocenters. The fourth-order valence-electron chi connectivity index (χ4n) is 6.52. The van der Waals surface area contributed by atoms with Crippen molar-refractivity contribution in [1.82, 2.24) is 30.0 Å². The Balaban J connectivity index is 1.14. The van der Waals surface area contributed by atoms with Crippen molar-refractivity contribution in [2.45, 2.75) is 64.1 Å². The number of aromatic nitrogens is 4. The van der Waals surface area contributed by atoms with Crippen LogP contribution in [0.1, 0.15) is 66.4 Å². The number of amides is 1. The molecule has 10 nitrogen and oxygen atoms in total. The van der Waals surface area contributed by atoms with E-state index < -0.39 is 11.7 Å². The molecule has 0 spiro atoms. The lowest BCUT2D eigenvalue weighted by Crippen LogP contribution is -2.49. The van der Waals surface area contributed by atoms with Gasteiger partial charge in [-0.3, -0.25) is 9.36 Å². The van der Waals surface area contributed by atoms with E-state index in [4.69, 9.17) is 9.47 Å². The number of ether oxygens (including phenoxy) is 2. The van der Waals surface area contributed by atoms with Crippen LogP contribution in [0.5, 0.6) is 11.5 Å². The average molecular weight is 671 g/mol. The van der Waals surface area contributed by atoms with Gasteiger partial charge in [-0.1, -0.05) is 37.3 Å². The first kappa shape index (κ1) is 32.2. The minimum absolute atomic E-state index is 0.0442. The van der Waals surface area contributed by atoms with E-state index in [1.807, 2.05) is 48.5 Å². The van der Waals surface area contributed by atoms with Gasteiger partial charge in [0, 0.05) is 55.4 Å². The maximum atomic E-state index is 15.8. The van der Waals surface area contributed by atoms with Gasteiger partial charge in [-0.2, -0.15) is 0 Å².